The zero-order valence-corrected chi connectivity index (χ0v) is 8.34. The van der Waals surface area contributed by atoms with E-state index in [1.165, 1.54) is 7.11 Å². The Morgan fingerprint density at radius 3 is 2.33 bits per heavy atom. The Hall–Kier alpha value is -0.420. The first-order valence-electron chi connectivity index (χ1n) is 3.70. The van der Waals surface area contributed by atoms with E-state index in [0.717, 1.165) is 0 Å². The second-order valence-electron chi connectivity index (χ2n) is 2.07. The summed E-state index contributed by atoms with van der Waals surface area (Å²) in [6.45, 7) is 2.53. The highest BCUT2D eigenvalue weighted by Gasteiger charge is 2.15. The molecule has 1 rings (SSSR count). The van der Waals surface area contributed by atoms with E-state index in [-0.39, 0.29) is 6.09 Å². The van der Waals surface area contributed by atoms with Gasteiger partial charge < -0.3 is 14.4 Å². The van der Waals surface area contributed by atoms with E-state index in [0.29, 0.717) is 26.3 Å². The smallest absolute Gasteiger partial charge is 0.409 e. The number of nitrogens with zero attached hydrogens (tertiary/aromatic N) is 1. The van der Waals surface area contributed by atoms with E-state index in [9.17, 15) is 4.79 Å². The largest absolute Gasteiger partial charge is 0.453 e. The molecule has 4 nitrogen and oxygen atoms in total. The average molecular weight is 193 g/mol. The van der Waals surface area contributed by atoms with Crippen molar-refractivity contribution in [2.24, 2.45) is 0 Å². The van der Waals surface area contributed by atoms with Crippen molar-refractivity contribution in [3.63, 3.8) is 0 Å². The highest BCUT2D eigenvalue weighted by atomic mass is 32.1. The Kier molecular flexibility index (Phi) is 6.99. The summed E-state index contributed by atoms with van der Waals surface area (Å²) < 4.78 is 9.57. The van der Waals surface area contributed by atoms with E-state index < -0.39 is 0 Å². The fourth-order valence-corrected chi connectivity index (χ4v) is 0.875. The van der Waals surface area contributed by atoms with E-state index in [2.05, 4.69) is 17.4 Å². The minimum Gasteiger partial charge on any atom is -0.453 e. The average Bonchev–Trinajstić information content (AvgIpc) is 2.21. The van der Waals surface area contributed by atoms with Crippen molar-refractivity contribution >= 4 is 18.7 Å². The topological polar surface area (TPSA) is 38.8 Å². The van der Waals surface area contributed by atoms with Crippen LogP contribution in [0.25, 0.3) is 0 Å². The second kappa shape index (κ2) is 7.24. The van der Waals surface area contributed by atoms with Crippen LogP contribution in [0.5, 0.6) is 0 Å². The molecule has 0 radical (unpaired) electrons. The van der Waals surface area contributed by atoms with Gasteiger partial charge in [0.1, 0.15) is 0 Å². The maximum absolute atomic E-state index is 10.8. The summed E-state index contributed by atoms with van der Waals surface area (Å²) in [7, 11) is 1.39. The number of amides is 1. The summed E-state index contributed by atoms with van der Waals surface area (Å²) >= 11 is 3.53. The van der Waals surface area contributed by atoms with Crippen LogP contribution in [0, 0.1) is 0 Å². The van der Waals surface area contributed by atoms with Gasteiger partial charge in [0.2, 0.25) is 0 Å². The Morgan fingerprint density at radius 2 is 1.92 bits per heavy atom. The number of carbonyl (C=O) groups excluding carboxylic acids is 1. The molecule has 72 valence electrons. The van der Waals surface area contributed by atoms with Gasteiger partial charge in [0, 0.05) is 13.1 Å². The standard InChI is InChI=1S/C6H11NO3.CH4S/c1-9-6(8)7-2-4-10-5-3-7;1-2/h2-5H2,1H3;2H,1H3. The monoisotopic (exact) mass is 193 g/mol. The molecule has 1 fully saturated rings. The SMILES string of the molecule is COC(=O)N1CCOCC1.CS. The van der Waals surface area contributed by atoms with Gasteiger partial charge in [-0.25, -0.2) is 4.79 Å². The first-order chi connectivity index (χ1) is 5.84. The second-order valence-corrected chi connectivity index (χ2v) is 2.07. The summed E-state index contributed by atoms with van der Waals surface area (Å²) in [6, 6.07) is 0. The molecule has 0 bridgehead atoms. The van der Waals surface area contributed by atoms with Gasteiger partial charge in [-0.05, 0) is 6.26 Å². The van der Waals surface area contributed by atoms with Crippen LogP contribution in [0.15, 0.2) is 0 Å². The van der Waals surface area contributed by atoms with Gasteiger partial charge >= 0.3 is 6.09 Å². The normalized spacial score (nSPS) is 16.1. The first-order valence-corrected chi connectivity index (χ1v) is 4.59. The quantitative estimate of drug-likeness (QED) is 0.573. The van der Waals surface area contributed by atoms with Crippen molar-refractivity contribution in [1.82, 2.24) is 4.90 Å². The molecule has 0 aromatic rings. The van der Waals surface area contributed by atoms with Gasteiger partial charge in [0.25, 0.3) is 0 Å². The van der Waals surface area contributed by atoms with Crippen LogP contribution < -0.4 is 0 Å². The molecule has 0 unspecified atom stereocenters. The van der Waals surface area contributed by atoms with E-state index in [4.69, 9.17) is 4.74 Å². The summed E-state index contributed by atoms with van der Waals surface area (Å²) in [5, 5.41) is 0. The molecule has 0 saturated carbocycles. The Bertz CT molecular complexity index is 126. The number of carbonyl (C=O) groups is 1. The lowest BCUT2D eigenvalue weighted by molar-refractivity contribution is 0.0334. The van der Waals surface area contributed by atoms with Crippen molar-refractivity contribution in [2.75, 3.05) is 39.7 Å². The third-order valence-corrected chi connectivity index (χ3v) is 1.44. The zero-order valence-electron chi connectivity index (χ0n) is 7.45. The summed E-state index contributed by atoms with van der Waals surface area (Å²) in [6.07, 6.45) is 1.43. The molecular formula is C7H15NO3S. The molecule has 0 spiro atoms. The summed E-state index contributed by atoms with van der Waals surface area (Å²) in [4.78, 5) is 12.4. The van der Waals surface area contributed by atoms with Gasteiger partial charge in [-0.15, -0.1) is 0 Å². The minimum atomic E-state index is -0.261. The van der Waals surface area contributed by atoms with E-state index >= 15 is 0 Å². The molecule has 0 N–H and O–H groups in total. The fraction of sp³-hybridized carbons (Fsp3) is 0.857. The van der Waals surface area contributed by atoms with Crippen molar-refractivity contribution in [3.05, 3.63) is 0 Å². The molecule has 1 saturated heterocycles. The van der Waals surface area contributed by atoms with E-state index in [1.54, 1.807) is 11.2 Å². The summed E-state index contributed by atoms with van der Waals surface area (Å²) in [5.41, 5.74) is 0. The van der Waals surface area contributed by atoms with Gasteiger partial charge in [-0.3, -0.25) is 0 Å². The van der Waals surface area contributed by atoms with Crippen LogP contribution >= 0.6 is 12.6 Å². The van der Waals surface area contributed by atoms with E-state index in [1.807, 2.05) is 0 Å². The molecule has 0 atom stereocenters. The zero-order chi connectivity index (χ0) is 9.40. The Balaban J connectivity index is 0.000000561. The van der Waals surface area contributed by atoms with Crippen LogP contribution in [0.1, 0.15) is 0 Å². The number of morpholine rings is 1. The molecule has 5 heteroatoms. The predicted octanol–water partition coefficient (Wildman–Crippen LogP) is 0.631. The maximum Gasteiger partial charge on any atom is 0.409 e. The van der Waals surface area contributed by atoms with Gasteiger partial charge in [-0.2, -0.15) is 12.6 Å². The lowest BCUT2D eigenvalue weighted by atomic mass is 10.5. The maximum atomic E-state index is 10.8. The molecule has 1 aliphatic rings. The number of methoxy groups -OCH3 is 1. The van der Waals surface area contributed by atoms with Crippen molar-refractivity contribution < 1.29 is 14.3 Å². The number of ether oxygens (including phenoxy) is 2. The molecule has 12 heavy (non-hydrogen) atoms. The number of rotatable bonds is 0. The predicted molar refractivity (Wildman–Crippen MR) is 49.7 cm³/mol. The van der Waals surface area contributed by atoms with Crippen LogP contribution in [0.4, 0.5) is 4.79 Å². The number of hydrogen-bond acceptors (Lipinski definition) is 4. The van der Waals surface area contributed by atoms with Gasteiger partial charge in [0.15, 0.2) is 0 Å². The van der Waals surface area contributed by atoms with Crippen molar-refractivity contribution in [2.45, 2.75) is 0 Å². The Labute approximate surface area is 78.2 Å². The third-order valence-electron chi connectivity index (χ3n) is 1.44. The molecule has 1 heterocycles. The fourth-order valence-electron chi connectivity index (χ4n) is 0.875. The number of hydrogen-bond donors (Lipinski definition) is 1. The van der Waals surface area contributed by atoms with Crippen LogP contribution in [-0.2, 0) is 9.47 Å². The van der Waals surface area contributed by atoms with Gasteiger partial charge in [0.05, 0.1) is 20.3 Å². The van der Waals surface area contributed by atoms with Crippen LogP contribution in [0.2, 0.25) is 0 Å². The van der Waals surface area contributed by atoms with Crippen molar-refractivity contribution in [1.29, 1.82) is 0 Å². The highest BCUT2D eigenvalue weighted by Crippen LogP contribution is 1.97. The molecule has 0 aromatic heterocycles. The molecule has 0 aliphatic carbocycles. The first kappa shape index (κ1) is 11.6. The lowest BCUT2D eigenvalue weighted by Crippen LogP contribution is -2.40. The van der Waals surface area contributed by atoms with Crippen LogP contribution in [-0.4, -0.2) is 50.7 Å². The molecule has 1 amide bonds. The van der Waals surface area contributed by atoms with Crippen LogP contribution in [0.3, 0.4) is 0 Å². The van der Waals surface area contributed by atoms with Crippen molar-refractivity contribution in [3.8, 4) is 0 Å². The summed E-state index contributed by atoms with van der Waals surface area (Å²) in [5.74, 6) is 0. The molecule has 1 aliphatic heterocycles. The lowest BCUT2D eigenvalue weighted by Gasteiger charge is -2.24. The van der Waals surface area contributed by atoms with Gasteiger partial charge in [-0.1, -0.05) is 0 Å². The molecule has 0 aromatic carbocycles. The minimum absolute atomic E-state index is 0.261. The number of thiol groups is 1. The molecular weight excluding hydrogens is 178 g/mol. The third kappa shape index (κ3) is 3.82. The Morgan fingerprint density at radius 1 is 1.42 bits per heavy atom. The highest BCUT2D eigenvalue weighted by molar-refractivity contribution is 7.79.